The summed E-state index contributed by atoms with van der Waals surface area (Å²) in [6.07, 6.45) is 1.06. The highest BCUT2D eigenvalue weighted by Gasteiger charge is 2.11. The molecule has 0 unspecified atom stereocenters. The van der Waals surface area contributed by atoms with E-state index >= 15 is 0 Å². The maximum absolute atomic E-state index is 11.5. The molecule has 0 aromatic carbocycles. The molecular weight excluding hydrogens is 234 g/mol. The van der Waals surface area contributed by atoms with Gasteiger partial charge in [-0.3, -0.25) is 14.3 Å². The molecule has 1 amide bonds. The quantitative estimate of drug-likeness (QED) is 0.574. The van der Waals surface area contributed by atoms with Crippen molar-refractivity contribution in [2.75, 3.05) is 20.3 Å². The standard InChI is InChI=1S/C12H21N3O3/c1-9-11(10(2)15(3)13-9)5-6-12(16)14-18-8-7-17-4/h5-8H2,1-4H3,(H,14,16). The molecule has 1 aromatic heterocycles. The molecule has 1 heterocycles. The normalized spacial score (nSPS) is 10.7. The van der Waals surface area contributed by atoms with Crippen molar-refractivity contribution in [1.82, 2.24) is 15.3 Å². The number of rotatable bonds is 7. The minimum atomic E-state index is -0.131. The zero-order valence-corrected chi connectivity index (χ0v) is 11.4. The minimum absolute atomic E-state index is 0.131. The van der Waals surface area contributed by atoms with Crippen molar-refractivity contribution < 1.29 is 14.4 Å². The molecule has 1 aromatic rings. The van der Waals surface area contributed by atoms with Gasteiger partial charge in [0.25, 0.3) is 0 Å². The van der Waals surface area contributed by atoms with Gasteiger partial charge in [-0.1, -0.05) is 0 Å². The number of ether oxygens (including phenoxy) is 1. The van der Waals surface area contributed by atoms with Gasteiger partial charge in [-0.15, -0.1) is 0 Å². The first-order chi connectivity index (χ1) is 8.56. The number of nitrogens with one attached hydrogen (secondary N) is 1. The van der Waals surface area contributed by atoms with Crippen molar-refractivity contribution in [3.05, 3.63) is 17.0 Å². The Morgan fingerprint density at radius 3 is 2.67 bits per heavy atom. The maximum atomic E-state index is 11.5. The number of aromatic nitrogens is 2. The molecule has 0 fully saturated rings. The van der Waals surface area contributed by atoms with Gasteiger partial charge in [0.1, 0.15) is 0 Å². The average molecular weight is 255 g/mol. The molecular formula is C12H21N3O3. The highest BCUT2D eigenvalue weighted by Crippen LogP contribution is 2.13. The van der Waals surface area contributed by atoms with Crippen LogP contribution in [0.25, 0.3) is 0 Å². The molecule has 18 heavy (non-hydrogen) atoms. The Hall–Kier alpha value is -1.40. The highest BCUT2D eigenvalue weighted by atomic mass is 16.7. The SMILES string of the molecule is COCCONC(=O)CCc1c(C)nn(C)c1C. The lowest BCUT2D eigenvalue weighted by Crippen LogP contribution is -2.25. The fourth-order valence-corrected chi connectivity index (χ4v) is 1.73. The van der Waals surface area contributed by atoms with Crippen molar-refractivity contribution in [3.63, 3.8) is 0 Å². The summed E-state index contributed by atoms with van der Waals surface area (Å²) in [5.74, 6) is -0.131. The number of hydrogen-bond donors (Lipinski definition) is 1. The van der Waals surface area contributed by atoms with Gasteiger partial charge in [0.15, 0.2) is 0 Å². The molecule has 0 spiro atoms. The molecule has 0 radical (unpaired) electrons. The predicted molar refractivity (Wildman–Crippen MR) is 67.0 cm³/mol. The largest absolute Gasteiger partial charge is 0.382 e. The summed E-state index contributed by atoms with van der Waals surface area (Å²) in [6.45, 7) is 4.77. The van der Waals surface area contributed by atoms with Crippen molar-refractivity contribution in [2.45, 2.75) is 26.7 Å². The number of hydroxylamine groups is 1. The van der Waals surface area contributed by atoms with Crippen LogP contribution in [0.3, 0.4) is 0 Å². The second-order valence-electron chi connectivity index (χ2n) is 4.14. The molecule has 0 atom stereocenters. The maximum Gasteiger partial charge on any atom is 0.243 e. The lowest BCUT2D eigenvalue weighted by Gasteiger charge is -2.05. The van der Waals surface area contributed by atoms with Gasteiger partial charge in [0, 0.05) is 26.3 Å². The van der Waals surface area contributed by atoms with Crippen LogP contribution in [0.5, 0.6) is 0 Å². The summed E-state index contributed by atoms with van der Waals surface area (Å²) in [7, 11) is 3.49. The first-order valence-corrected chi connectivity index (χ1v) is 5.95. The fourth-order valence-electron chi connectivity index (χ4n) is 1.73. The van der Waals surface area contributed by atoms with E-state index in [2.05, 4.69) is 10.6 Å². The molecule has 102 valence electrons. The number of methoxy groups -OCH3 is 1. The van der Waals surface area contributed by atoms with Crippen LogP contribution < -0.4 is 5.48 Å². The second-order valence-corrected chi connectivity index (χ2v) is 4.14. The Bertz CT molecular complexity index is 402. The minimum Gasteiger partial charge on any atom is -0.382 e. The van der Waals surface area contributed by atoms with E-state index in [0.29, 0.717) is 26.1 Å². The van der Waals surface area contributed by atoms with E-state index in [-0.39, 0.29) is 5.91 Å². The Labute approximate surface area is 107 Å². The number of carbonyl (C=O) groups excluding carboxylic acids is 1. The summed E-state index contributed by atoms with van der Waals surface area (Å²) >= 11 is 0. The van der Waals surface area contributed by atoms with Gasteiger partial charge in [-0.05, 0) is 25.8 Å². The zero-order valence-electron chi connectivity index (χ0n) is 11.4. The van der Waals surface area contributed by atoms with Gasteiger partial charge in [0.05, 0.1) is 18.9 Å². The van der Waals surface area contributed by atoms with Gasteiger partial charge in [0.2, 0.25) is 5.91 Å². The monoisotopic (exact) mass is 255 g/mol. The number of amides is 1. The first kappa shape index (κ1) is 14.7. The average Bonchev–Trinajstić information content (AvgIpc) is 2.57. The van der Waals surface area contributed by atoms with Crippen molar-refractivity contribution in [1.29, 1.82) is 0 Å². The van der Waals surface area contributed by atoms with Crippen molar-refractivity contribution >= 4 is 5.91 Å². The number of carbonyl (C=O) groups is 1. The van der Waals surface area contributed by atoms with E-state index in [9.17, 15) is 4.79 Å². The Morgan fingerprint density at radius 1 is 1.39 bits per heavy atom. The summed E-state index contributed by atoms with van der Waals surface area (Å²) < 4.78 is 6.63. The third-order valence-corrected chi connectivity index (χ3v) is 2.84. The van der Waals surface area contributed by atoms with Crippen LogP contribution in [0.15, 0.2) is 0 Å². The third kappa shape index (κ3) is 4.12. The molecule has 0 bridgehead atoms. The van der Waals surface area contributed by atoms with Crippen LogP contribution in [-0.2, 0) is 27.8 Å². The van der Waals surface area contributed by atoms with Crippen LogP contribution in [0.1, 0.15) is 23.4 Å². The molecule has 0 aliphatic heterocycles. The van der Waals surface area contributed by atoms with Gasteiger partial charge in [-0.25, -0.2) is 5.48 Å². The lowest BCUT2D eigenvalue weighted by molar-refractivity contribution is -0.134. The topological polar surface area (TPSA) is 65.4 Å². The second kappa shape index (κ2) is 7.13. The van der Waals surface area contributed by atoms with Crippen LogP contribution in [-0.4, -0.2) is 36.0 Å². The van der Waals surface area contributed by atoms with E-state index in [1.54, 1.807) is 7.11 Å². The van der Waals surface area contributed by atoms with Crippen molar-refractivity contribution in [3.8, 4) is 0 Å². The number of aryl methyl sites for hydroxylation is 2. The summed E-state index contributed by atoms with van der Waals surface area (Å²) in [4.78, 5) is 16.4. The van der Waals surface area contributed by atoms with Crippen LogP contribution >= 0.6 is 0 Å². The highest BCUT2D eigenvalue weighted by molar-refractivity contribution is 5.75. The van der Waals surface area contributed by atoms with E-state index in [0.717, 1.165) is 17.0 Å². The van der Waals surface area contributed by atoms with Gasteiger partial charge < -0.3 is 4.74 Å². The Morgan fingerprint density at radius 2 is 2.11 bits per heavy atom. The van der Waals surface area contributed by atoms with Crippen molar-refractivity contribution in [2.24, 2.45) is 7.05 Å². The molecule has 0 saturated carbocycles. The van der Waals surface area contributed by atoms with Gasteiger partial charge in [-0.2, -0.15) is 5.10 Å². The molecule has 0 aliphatic rings. The smallest absolute Gasteiger partial charge is 0.243 e. The van der Waals surface area contributed by atoms with E-state index in [4.69, 9.17) is 9.57 Å². The van der Waals surface area contributed by atoms with E-state index in [1.165, 1.54) is 0 Å². The summed E-state index contributed by atoms with van der Waals surface area (Å²) in [6, 6.07) is 0. The van der Waals surface area contributed by atoms with Crippen LogP contribution in [0.4, 0.5) is 0 Å². The number of nitrogens with zero attached hydrogens (tertiary/aromatic N) is 2. The third-order valence-electron chi connectivity index (χ3n) is 2.84. The van der Waals surface area contributed by atoms with Crippen LogP contribution in [0, 0.1) is 13.8 Å². The van der Waals surface area contributed by atoms with Gasteiger partial charge >= 0.3 is 0 Å². The summed E-state index contributed by atoms with van der Waals surface area (Å²) in [5, 5.41) is 4.31. The van der Waals surface area contributed by atoms with E-state index in [1.807, 2.05) is 25.6 Å². The molecule has 0 saturated heterocycles. The Kier molecular flexibility index (Phi) is 5.80. The van der Waals surface area contributed by atoms with E-state index < -0.39 is 0 Å². The molecule has 1 N–H and O–H groups in total. The molecule has 6 heteroatoms. The number of hydrogen-bond acceptors (Lipinski definition) is 4. The zero-order chi connectivity index (χ0) is 13.5. The fraction of sp³-hybridized carbons (Fsp3) is 0.667. The molecule has 0 aliphatic carbocycles. The van der Waals surface area contributed by atoms with Crippen LogP contribution in [0.2, 0.25) is 0 Å². The first-order valence-electron chi connectivity index (χ1n) is 5.95. The molecule has 1 rings (SSSR count). The molecule has 6 nitrogen and oxygen atoms in total. The lowest BCUT2D eigenvalue weighted by atomic mass is 10.1. The Balaban J connectivity index is 2.34. The predicted octanol–water partition coefficient (Wildman–Crippen LogP) is 0.664. The summed E-state index contributed by atoms with van der Waals surface area (Å²) in [5.41, 5.74) is 5.59.